The highest BCUT2D eigenvalue weighted by molar-refractivity contribution is 7.99. The number of hydrogen-bond acceptors (Lipinski definition) is 4. The third-order valence-corrected chi connectivity index (χ3v) is 3.13. The smallest absolute Gasteiger partial charge is 0.238 e. The van der Waals surface area contributed by atoms with Crippen molar-refractivity contribution in [2.45, 2.75) is 0 Å². The van der Waals surface area contributed by atoms with Gasteiger partial charge in [0.15, 0.2) is 0 Å². The Kier molecular flexibility index (Phi) is 7.56. The second-order valence-electron chi connectivity index (χ2n) is 3.71. The quantitative estimate of drug-likeness (QED) is 0.560. The lowest BCUT2D eigenvalue weighted by molar-refractivity contribution is -0.115. The lowest BCUT2D eigenvalue weighted by Crippen LogP contribution is -2.29. The summed E-state index contributed by atoms with van der Waals surface area (Å²) in [5.41, 5.74) is 0.759. The van der Waals surface area contributed by atoms with Gasteiger partial charge in [0.05, 0.1) is 19.4 Å². The first-order chi connectivity index (χ1) is 9.26. The van der Waals surface area contributed by atoms with E-state index in [1.54, 1.807) is 43.1 Å². The van der Waals surface area contributed by atoms with E-state index < -0.39 is 0 Å². The van der Waals surface area contributed by atoms with Gasteiger partial charge in [-0.2, -0.15) is 0 Å². The number of benzene rings is 1. The van der Waals surface area contributed by atoms with Gasteiger partial charge in [0.25, 0.3) is 0 Å². The van der Waals surface area contributed by atoms with Gasteiger partial charge in [-0.1, -0.05) is 5.92 Å². The summed E-state index contributed by atoms with van der Waals surface area (Å²) in [5.74, 6) is 4.87. The Bertz CT molecular complexity index is 426. The second kappa shape index (κ2) is 9.31. The van der Waals surface area contributed by atoms with Crippen LogP contribution in [0.2, 0.25) is 0 Å². The number of hydrogen-bond donors (Lipinski definition) is 2. The zero-order valence-corrected chi connectivity index (χ0v) is 11.8. The average molecular weight is 278 g/mol. The molecule has 1 amide bonds. The summed E-state index contributed by atoms with van der Waals surface area (Å²) in [6, 6.07) is 7.22. The van der Waals surface area contributed by atoms with E-state index in [-0.39, 0.29) is 5.91 Å². The minimum Gasteiger partial charge on any atom is -0.497 e. The Morgan fingerprint density at radius 2 is 2.16 bits per heavy atom. The fraction of sp³-hybridized carbons (Fsp3) is 0.357. The molecule has 0 aromatic heterocycles. The summed E-state index contributed by atoms with van der Waals surface area (Å²) in [7, 11) is 1.61. The van der Waals surface area contributed by atoms with Crippen molar-refractivity contribution < 1.29 is 9.53 Å². The summed E-state index contributed by atoms with van der Waals surface area (Å²) in [6.45, 7) is 1.06. The van der Waals surface area contributed by atoms with Gasteiger partial charge >= 0.3 is 0 Å². The van der Waals surface area contributed by atoms with Crippen molar-refractivity contribution in [1.29, 1.82) is 0 Å². The van der Waals surface area contributed by atoms with Crippen LogP contribution in [-0.4, -0.2) is 37.6 Å². The molecule has 2 N–H and O–H groups in total. The Labute approximate surface area is 118 Å². The first-order valence-electron chi connectivity index (χ1n) is 5.92. The van der Waals surface area contributed by atoms with Crippen molar-refractivity contribution in [2.75, 3.05) is 37.0 Å². The molecule has 1 aromatic rings. The van der Waals surface area contributed by atoms with Crippen LogP contribution in [0.3, 0.4) is 0 Å². The molecule has 0 aliphatic rings. The van der Waals surface area contributed by atoms with Crippen LogP contribution in [0.4, 0.5) is 5.69 Å². The highest BCUT2D eigenvalue weighted by atomic mass is 32.2. The zero-order chi connectivity index (χ0) is 13.9. The molecule has 1 rings (SSSR count). The van der Waals surface area contributed by atoms with Crippen molar-refractivity contribution in [1.82, 2.24) is 5.32 Å². The number of amides is 1. The van der Waals surface area contributed by atoms with Gasteiger partial charge in [-0.3, -0.25) is 4.79 Å². The number of terminal acetylenes is 1. The van der Waals surface area contributed by atoms with Gasteiger partial charge in [0, 0.05) is 18.0 Å². The Morgan fingerprint density at radius 3 is 2.79 bits per heavy atom. The van der Waals surface area contributed by atoms with Gasteiger partial charge < -0.3 is 15.4 Å². The SMILES string of the molecule is C#CCSCCNCC(=O)Nc1ccc(OC)cc1. The first-order valence-corrected chi connectivity index (χ1v) is 7.07. The van der Waals surface area contributed by atoms with Crippen LogP contribution in [-0.2, 0) is 4.79 Å². The zero-order valence-electron chi connectivity index (χ0n) is 10.9. The molecule has 1 aromatic carbocycles. The molecule has 0 unspecified atom stereocenters. The second-order valence-corrected chi connectivity index (χ2v) is 4.82. The molecule has 4 nitrogen and oxygen atoms in total. The van der Waals surface area contributed by atoms with Crippen LogP contribution in [0, 0.1) is 12.3 Å². The lowest BCUT2D eigenvalue weighted by Gasteiger charge is -2.07. The fourth-order valence-electron chi connectivity index (χ4n) is 1.36. The molecule has 0 aliphatic carbocycles. The van der Waals surface area contributed by atoms with Crippen molar-refractivity contribution in [3.63, 3.8) is 0 Å². The van der Waals surface area contributed by atoms with Crippen LogP contribution >= 0.6 is 11.8 Å². The van der Waals surface area contributed by atoms with E-state index >= 15 is 0 Å². The molecule has 0 fully saturated rings. The highest BCUT2D eigenvalue weighted by Gasteiger charge is 2.01. The van der Waals surface area contributed by atoms with Gasteiger partial charge in [-0.05, 0) is 24.3 Å². The number of anilines is 1. The Morgan fingerprint density at radius 1 is 1.42 bits per heavy atom. The maximum absolute atomic E-state index is 11.6. The number of methoxy groups -OCH3 is 1. The maximum Gasteiger partial charge on any atom is 0.238 e. The van der Waals surface area contributed by atoms with Crippen LogP contribution < -0.4 is 15.4 Å². The van der Waals surface area contributed by atoms with E-state index in [0.29, 0.717) is 12.3 Å². The number of nitrogens with one attached hydrogen (secondary N) is 2. The molecule has 0 heterocycles. The van der Waals surface area contributed by atoms with Gasteiger partial charge in [-0.15, -0.1) is 18.2 Å². The summed E-state index contributed by atoms with van der Waals surface area (Å²) in [4.78, 5) is 11.6. The summed E-state index contributed by atoms with van der Waals surface area (Å²) >= 11 is 1.67. The van der Waals surface area contributed by atoms with Crippen molar-refractivity contribution >= 4 is 23.4 Å². The summed E-state index contributed by atoms with van der Waals surface area (Å²) in [5, 5.41) is 5.86. The maximum atomic E-state index is 11.6. The van der Waals surface area contributed by atoms with Gasteiger partial charge in [0.2, 0.25) is 5.91 Å². The lowest BCUT2D eigenvalue weighted by atomic mass is 10.3. The standard InChI is InChI=1S/C14H18N2O2S/c1-3-9-19-10-8-15-11-14(17)16-12-4-6-13(18-2)7-5-12/h1,4-7,15H,8-11H2,2H3,(H,16,17). The predicted octanol–water partition coefficient (Wildman–Crippen LogP) is 1.59. The predicted molar refractivity (Wildman–Crippen MR) is 80.7 cm³/mol. The molecule has 5 heteroatoms. The first kappa shape index (κ1) is 15.4. The number of carbonyl (C=O) groups is 1. The molecule has 0 radical (unpaired) electrons. The monoisotopic (exact) mass is 278 g/mol. The van der Waals surface area contributed by atoms with Gasteiger partial charge in [-0.25, -0.2) is 0 Å². The van der Waals surface area contributed by atoms with E-state index in [4.69, 9.17) is 11.2 Å². The normalized spacial score (nSPS) is 9.68. The topological polar surface area (TPSA) is 50.4 Å². The van der Waals surface area contributed by atoms with Gasteiger partial charge in [0.1, 0.15) is 5.75 Å². The molecule has 102 valence electrons. The number of carbonyl (C=O) groups excluding carboxylic acids is 1. The van der Waals surface area contributed by atoms with E-state index in [1.807, 2.05) is 0 Å². The van der Waals surface area contributed by atoms with Crippen LogP contribution in [0.1, 0.15) is 0 Å². The third kappa shape index (κ3) is 6.75. The van der Waals surface area contributed by atoms with Crippen LogP contribution in [0.5, 0.6) is 5.75 Å². The number of thioether (sulfide) groups is 1. The molecule has 0 spiro atoms. The molecule has 0 bridgehead atoms. The van der Waals surface area contributed by atoms with E-state index in [0.717, 1.165) is 23.7 Å². The molecular weight excluding hydrogens is 260 g/mol. The highest BCUT2D eigenvalue weighted by Crippen LogP contribution is 2.14. The molecular formula is C14H18N2O2S. The largest absolute Gasteiger partial charge is 0.497 e. The van der Waals surface area contributed by atoms with Crippen molar-refractivity contribution in [3.05, 3.63) is 24.3 Å². The van der Waals surface area contributed by atoms with Crippen LogP contribution in [0.15, 0.2) is 24.3 Å². The van der Waals surface area contributed by atoms with E-state index in [9.17, 15) is 4.79 Å². The van der Waals surface area contributed by atoms with E-state index in [1.165, 1.54) is 0 Å². The van der Waals surface area contributed by atoms with Crippen LogP contribution in [0.25, 0.3) is 0 Å². The van der Waals surface area contributed by atoms with Crippen molar-refractivity contribution in [2.24, 2.45) is 0 Å². The fourth-order valence-corrected chi connectivity index (χ4v) is 1.91. The minimum absolute atomic E-state index is 0.0629. The molecule has 0 atom stereocenters. The Hall–Kier alpha value is -1.64. The molecule has 0 saturated carbocycles. The molecule has 19 heavy (non-hydrogen) atoms. The number of rotatable bonds is 8. The third-order valence-electron chi connectivity index (χ3n) is 2.27. The molecule has 0 aliphatic heterocycles. The minimum atomic E-state index is -0.0629. The van der Waals surface area contributed by atoms with Crippen molar-refractivity contribution in [3.8, 4) is 18.1 Å². The van der Waals surface area contributed by atoms with E-state index in [2.05, 4.69) is 16.6 Å². The summed E-state index contributed by atoms with van der Waals surface area (Å²) in [6.07, 6.45) is 5.13. The average Bonchev–Trinajstić information content (AvgIpc) is 2.43. The summed E-state index contributed by atoms with van der Waals surface area (Å²) < 4.78 is 5.04. The number of ether oxygens (including phenoxy) is 1. The molecule has 0 saturated heterocycles. The Balaban J connectivity index is 2.18.